The van der Waals surface area contributed by atoms with Gasteiger partial charge in [-0.25, -0.2) is 0 Å². The Balaban J connectivity index is 2.25. The molecule has 0 aliphatic carbocycles. The Kier molecular flexibility index (Phi) is 3.99. The summed E-state index contributed by atoms with van der Waals surface area (Å²) in [5, 5.41) is 10.8. The van der Waals surface area contributed by atoms with Crippen molar-refractivity contribution in [3.8, 4) is 11.5 Å². The number of nitrogens with two attached hydrogens (primary N) is 1. The highest BCUT2D eigenvalue weighted by molar-refractivity contribution is 6.32. The number of nitrogens with zero attached hydrogens (tertiary/aromatic N) is 1. The van der Waals surface area contributed by atoms with Crippen LogP contribution in [0.25, 0.3) is 0 Å². The molecule has 0 saturated carbocycles. The summed E-state index contributed by atoms with van der Waals surface area (Å²) in [5.41, 5.74) is 6.39. The third-order valence-corrected chi connectivity index (χ3v) is 2.78. The molecule has 98 valence electrons. The van der Waals surface area contributed by atoms with Crippen LogP contribution in [-0.4, -0.2) is 4.92 Å². The molecule has 2 N–H and O–H groups in total. The van der Waals surface area contributed by atoms with Gasteiger partial charge in [0, 0.05) is 18.7 Å². The number of ether oxygens (including phenoxy) is 1. The van der Waals surface area contributed by atoms with Crippen LogP contribution in [0.1, 0.15) is 5.56 Å². The minimum atomic E-state index is -0.509. The van der Waals surface area contributed by atoms with Crippen molar-refractivity contribution in [1.29, 1.82) is 0 Å². The number of non-ortho nitro benzene ring substituents is 1. The maximum absolute atomic E-state index is 10.6. The maximum atomic E-state index is 10.6. The first-order chi connectivity index (χ1) is 9.10. The van der Waals surface area contributed by atoms with Crippen molar-refractivity contribution >= 4 is 17.3 Å². The van der Waals surface area contributed by atoms with E-state index in [0.717, 1.165) is 5.56 Å². The monoisotopic (exact) mass is 278 g/mol. The molecule has 2 aromatic carbocycles. The number of benzene rings is 2. The number of hydrogen-bond donors (Lipinski definition) is 1. The zero-order valence-electron chi connectivity index (χ0n) is 9.88. The lowest BCUT2D eigenvalue weighted by molar-refractivity contribution is -0.384. The Bertz CT molecular complexity index is 617. The second kappa shape index (κ2) is 5.69. The summed E-state index contributed by atoms with van der Waals surface area (Å²) in [6, 6.07) is 11.3. The second-order valence-electron chi connectivity index (χ2n) is 3.83. The Morgan fingerprint density at radius 1 is 1.26 bits per heavy atom. The highest BCUT2D eigenvalue weighted by atomic mass is 35.5. The third kappa shape index (κ3) is 3.21. The van der Waals surface area contributed by atoms with E-state index in [1.165, 1.54) is 18.2 Å². The standard InChI is InChI=1S/C13H11ClN2O3/c14-12-7-10(16(17)18)4-5-13(12)19-11-3-1-2-9(6-11)8-15/h1-7H,8,15H2. The van der Waals surface area contributed by atoms with Crippen LogP contribution in [0.3, 0.4) is 0 Å². The molecule has 2 rings (SSSR count). The summed E-state index contributed by atoms with van der Waals surface area (Å²) in [6.07, 6.45) is 0. The van der Waals surface area contributed by atoms with Crippen LogP contribution in [0.2, 0.25) is 5.02 Å². The summed E-state index contributed by atoms with van der Waals surface area (Å²) in [6.45, 7) is 0.408. The second-order valence-corrected chi connectivity index (χ2v) is 4.23. The number of hydrogen-bond acceptors (Lipinski definition) is 4. The number of halogens is 1. The number of nitro benzene ring substituents is 1. The Hall–Kier alpha value is -2.11. The van der Waals surface area contributed by atoms with Gasteiger partial charge in [0.1, 0.15) is 11.5 Å². The molecule has 0 fully saturated rings. The van der Waals surface area contributed by atoms with E-state index in [4.69, 9.17) is 22.1 Å². The molecule has 0 heterocycles. The topological polar surface area (TPSA) is 78.4 Å². The Morgan fingerprint density at radius 2 is 2.05 bits per heavy atom. The van der Waals surface area contributed by atoms with Gasteiger partial charge < -0.3 is 10.5 Å². The molecule has 0 atom stereocenters. The zero-order chi connectivity index (χ0) is 13.8. The maximum Gasteiger partial charge on any atom is 0.271 e. The van der Waals surface area contributed by atoms with Gasteiger partial charge in [-0.3, -0.25) is 10.1 Å². The SMILES string of the molecule is NCc1cccc(Oc2ccc([N+](=O)[O-])cc2Cl)c1. The van der Waals surface area contributed by atoms with E-state index in [9.17, 15) is 10.1 Å². The van der Waals surface area contributed by atoms with E-state index in [1.54, 1.807) is 12.1 Å². The smallest absolute Gasteiger partial charge is 0.271 e. The molecule has 0 bridgehead atoms. The van der Waals surface area contributed by atoms with Gasteiger partial charge in [-0.2, -0.15) is 0 Å². The largest absolute Gasteiger partial charge is 0.456 e. The predicted molar refractivity (Wildman–Crippen MR) is 72.5 cm³/mol. The molecular weight excluding hydrogens is 268 g/mol. The van der Waals surface area contributed by atoms with Crippen LogP contribution in [0.4, 0.5) is 5.69 Å². The van der Waals surface area contributed by atoms with Gasteiger partial charge in [-0.05, 0) is 23.8 Å². The van der Waals surface area contributed by atoms with Gasteiger partial charge in [0.05, 0.1) is 9.95 Å². The first-order valence-corrected chi connectivity index (χ1v) is 5.89. The molecule has 0 saturated heterocycles. The first-order valence-electron chi connectivity index (χ1n) is 5.51. The molecule has 0 aliphatic heterocycles. The van der Waals surface area contributed by atoms with E-state index in [0.29, 0.717) is 18.0 Å². The Morgan fingerprint density at radius 3 is 2.68 bits per heavy atom. The minimum absolute atomic E-state index is 0.0759. The third-order valence-electron chi connectivity index (χ3n) is 2.49. The molecule has 0 unspecified atom stereocenters. The van der Waals surface area contributed by atoms with Gasteiger partial charge >= 0.3 is 0 Å². The molecule has 0 aromatic heterocycles. The van der Waals surface area contributed by atoms with Crippen molar-refractivity contribution in [2.75, 3.05) is 0 Å². The minimum Gasteiger partial charge on any atom is -0.456 e. The van der Waals surface area contributed by atoms with E-state index < -0.39 is 4.92 Å². The van der Waals surface area contributed by atoms with E-state index in [-0.39, 0.29) is 10.7 Å². The van der Waals surface area contributed by atoms with Crippen molar-refractivity contribution in [3.05, 3.63) is 63.2 Å². The predicted octanol–water partition coefficient (Wildman–Crippen LogP) is 3.50. The lowest BCUT2D eigenvalue weighted by Gasteiger charge is -2.08. The van der Waals surface area contributed by atoms with Crippen molar-refractivity contribution in [3.63, 3.8) is 0 Å². The Labute approximate surface area is 114 Å². The zero-order valence-corrected chi connectivity index (χ0v) is 10.6. The van der Waals surface area contributed by atoms with E-state index in [2.05, 4.69) is 0 Å². The average Bonchev–Trinajstić information content (AvgIpc) is 2.41. The fourth-order valence-corrected chi connectivity index (χ4v) is 1.76. The van der Waals surface area contributed by atoms with Gasteiger partial charge in [-0.15, -0.1) is 0 Å². The summed E-state index contributed by atoms with van der Waals surface area (Å²) in [7, 11) is 0. The quantitative estimate of drug-likeness (QED) is 0.686. The van der Waals surface area contributed by atoms with Crippen LogP contribution in [0.15, 0.2) is 42.5 Å². The summed E-state index contributed by atoms with van der Waals surface area (Å²) in [5.74, 6) is 0.945. The van der Waals surface area contributed by atoms with E-state index in [1.807, 2.05) is 12.1 Å². The molecule has 0 aliphatic rings. The molecular formula is C13H11ClN2O3. The van der Waals surface area contributed by atoms with Crippen LogP contribution in [0, 0.1) is 10.1 Å². The van der Waals surface area contributed by atoms with Crippen LogP contribution in [-0.2, 0) is 6.54 Å². The molecule has 0 radical (unpaired) electrons. The average molecular weight is 279 g/mol. The lowest BCUT2D eigenvalue weighted by atomic mass is 10.2. The lowest BCUT2D eigenvalue weighted by Crippen LogP contribution is -1.96. The van der Waals surface area contributed by atoms with Gasteiger partial charge in [-0.1, -0.05) is 23.7 Å². The molecule has 19 heavy (non-hydrogen) atoms. The van der Waals surface area contributed by atoms with Crippen molar-refractivity contribution in [1.82, 2.24) is 0 Å². The van der Waals surface area contributed by atoms with E-state index >= 15 is 0 Å². The normalized spacial score (nSPS) is 10.2. The molecule has 2 aromatic rings. The van der Waals surface area contributed by atoms with Crippen LogP contribution < -0.4 is 10.5 Å². The van der Waals surface area contributed by atoms with Gasteiger partial charge in [0.15, 0.2) is 0 Å². The fraction of sp³-hybridized carbons (Fsp3) is 0.0769. The fourth-order valence-electron chi connectivity index (χ4n) is 1.55. The van der Waals surface area contributed by atoms with Gasteiger partial charge in [0.2, 0.25) is 0 Å². The molecule has 5 nitrogen and oxygen atoms in total. The van der Waals surface area contributed by atoms with Crippen LogP contribution >= 0.6 is 11.6 Å². The number of nitro groups is 1. The highest BCUT2D eigenvalue weighted by Crippen LogP contribution is 2.32. The first kappa shape index (κ1) is 13.3. The molecule has 0 amide bonds. The van der Waals surface area contributed by atoms with Crippen molar-refractivity contribution in [2.24, 2.45) is 5.73 Å². The molecule has 0 spiro atoms. The summed E-state index contributed by atoms with van der Waals surface area (Å²) < 4.78 is 5.58. The highest BCUT2D eigenvalue weighted by Gasteiger charge is 2.10. The summed E-state index contributed by atoms with van der Waals surface area (Å²) >= 11 is 5.94. The summed E-state index contributed by atoms with van der Waals surface area (Å²) in [4.78, 5) is 10.1. The molecule has 6 heteroatoms. The van der Waals surface area contributed by atoms with Crippen molar-refractivity contribution in [2.45, 2.75) is 6.54 Å². The van der Waals surface area contributed by atoms with Crippen molar-refractivity contribution < 1.29 is 9.66 Å². The van der Waals surface area contributed by atoms with Crippen LogP contribution in [0.5, 0.6) is 11.5 Å². The van der Waals surface area contributed by atoms with Gasteiger partial charge in [0.25, 0.3) is 5.69 Å². The number of rotatable bonds is 4.